The Morgan fingerprint density at radius 3 is 2.49 bits per heavy atom. The molecule has 0 unspecified atom stereocenters. The zero-order valence-electron chi connectivity index (χ0n) is 19.9. The first-order chi connectivity index (χ1) is 16.8. The van der Waals surface area contributed by atoms with E-state index in [2.05, 4.69) is 5.32 Å². The van der Waals surface area contributed by atoms with Gasteiger partial charge < -0.3 is 19.4 Å². The van der Waals surface area contributed by atoms with Gasteiger partial charge in [-0.1, -0.05) is 42.5 Å². The largest absolute Gasteiger partial charge is 0.486 e. The number of fused-ring (bicyclic) bond motifs is 1. The number of aryl methyl sites for hydroxylation is 1. The van der Waals surface area contributed by atoms with Crippen molar-refractivity contribution in [2.45, 2.75) is 39.0 Å². The topological polar surface area (TPSA) is 89.9 Å². The second-order valence-corrected chi connectivity index (χ2v) is 9.13. The van der Waals surface area contributed by atoms with E-state index < -0.39 is 17.5 Å². The standard InChI is InChI=1S/C27H27N3O5/c1-17-13-21(18(2)29(17)14-20-16-34-23-11-7-8-12-24(23)35-20)22(31)15-30-25(32)27(3,28-26(30)33)19-9-5-4-6-10-19/h4-13,20H,14-16H2,1-3H3,(H,28,33)/t20-,27+/m0/s1. The van der Waals surface area contributed by atoms with Crippen LogP contribution in [0.4, 0.5) is 4.79 Å². The molecule has 0 radical (unpaired) electrons. The van der Waals surface area contributed by atoms with E-state index in [0.29, 0.717) is 30.0 Å². The average molecular weight is 474 g/mol. The maximum atomic E-state index is 13.2. The van der Waals surface area contributed by atoms with Gasteiger partial charge in [0.1, 0.15) is 12.1 Å². The minimum Gasteiger partial charge on any atom is -0.486 e. The second-order valence-electron chi connectivity index (χ2n) is 9.13. The maximum absolute atomic E-state index is 13.2. The summed E-state index contributed by atoms with van der Waals surface area (Å²) in [4.78, 5) is 40.1. The van der Waals surface area contributed by atoms with Crippen molar-refractivity contribution in [3.8, 4) is 11.5 Å². The van der Waals surface area contributed by atoms with Gasteiger partial charge in [-0.25, -0.2) is 4.79 Å². The van der Waals surface area contributed by atoms with Crippen molar-refractivity contribution in [3.63, 3.8) is 0 Å². The van der Waals surface area contributed by atoms with Crippen molar-refractivity contribution < 1.29 is 23.9 Å². The molecule has 5 rings (SSSR count). The van der Waals surface area contributed by atoms with Crippen LogP contribution in [0.3, 0.4) is 0 Å². The van der Waals surface area contributed by atoms with Crippen LogP contribution in [0, 0.1) is 13.8 Å². The van der Waals surface area contributed by atoms with Gasteiger partial charge in [-0.3, -0.25) is 14.5 Å². The fourth-order valence-electron chi connectivity index (χ4n) is 4.76. The smallest absolute Gasteiger partial charge is 0.325 e. The molecule has 8 nitrogen and oxygen atoms in total. The van der Waals surface area contributed by atoms with Crippen LogP contribution in [-0.2, 0) is 16.9 Å². The van der Waals surface area contributed by atoms with E-state index in [-0.39, 0.29) is 18.4 Å². The molecule has 0 spiro atoms. The van der Waals surface area contributed by atoms with Crippen LogP contribution in [-0.4, -0.2) is 46.4 Å². The number of amides is 3. The Balaban J connectivity index is 1.32. The Bertz CT molecular complexity index is 1320. The fraction of sp³-hybridized carbons (Fsp3) is 0.296. The van der Waals surface area contributed by atoms with Gasteiger partial charge in [-0.05, 0) is 44.5 Å². The van der Waals surface area contributed by atoms with Crippen molar-refractivity contribution in [2.75, 3.05) is 13.2 Å². The van der Waals surface area contributed by atoms with Crippen LogP contribution in [0.15, 0.2) is 60.7 Å². The highest BCUT2D eigenvalue weighted by molar-refractivity contribution is 6.11. The van der Waals surface area contributed by atoms with E-state index >= 15 is 0 Å². The number of benzene rings is 2. The highest BCUT2D eigenvalue weighted by Crippen LogP contribution is 2.32. The molecule has 1 saturated heterocycles. The number of Topliss-reactive ketones (excluding diaryl/α,β-unsaturated/α-hetero) is 1. The SMILES string of the molecule is Cc1cc(C(=O)CN2C(=O)N[C@](C)(c3ccccc3)C2=O)c(C)n1C[C@H]1COc2ccccc2O1. The summed E-state index contributed by atoms with van der Waals surface area (Å²) in [5.41, 5.74) is 1.59. The van der Waals surface area contributed by atoms with Crippen LogP contribution in [0.1, 0.15) is 34.2 Å². The number of carbonyl (C=O) groups is 3. The third-order valence-electron chi connectivity index (χ3n) is 6.76. The molecule has 180 valence electrons. The number of urea groups is 1. The van der Waals surface area contributed by atoms with Gasteiger partial charge >= 0.3 is 6.03 Å². The van der Waals surface area contributed by atoms with Gasteiger partial charge in [0.15, 0.2) is 23.4 Å². The molecular formula is C27H27N3O5. The Labute approximate surface area is 203 Å². The molecule has 2 atom stereocenters. The summed E-state index contributed by atoms with van der Waals surface area (Å²) in [6.45, 7) is 6.02. The average Bonchev–Trinajstić information content (AvgIpc) is 3.27. The van der Waals surface area contributed by atoms with Crippen LogP contribution in [0.2, 0.25) is 0 Å². The highest BCUT2D eigenvalue weighted by atomic mass is 16.6. The molecule has 3 heterocycles. The molecule has 3 aromatic rings. The summed E-state index contributed by atoms with van der Waals surface area (Å²) >= 11 is 0. The first-order valence-electron chi connectivity index (χ1n) is 11.6. The lowest BCUT2D eigenvalue weighted by atomic mass is 9.92. The molecule has 1 aromatic heterocycles. The molecule has 2 aromatic carbocycles. The highest BCUT2D eigenvalue weighted by Gasteiger charge is 2.49. The Morgan fingerprint density at radius 1 is 1.06 bits per heavy atom. The number of aromatic nitrogens is 1. The summed E-state index contributed by atoms with van der Waals surface area (Å²) in [6.07, 6.45) is -0.213. The van der Waals surface area contributed by atoms with E-state index in [1.807, 2.05) is 60.9 Å². The third kappa shape index (κ3) is 3.95. The molecule has 2 aliphatic rings. The molecule has 0 bridgehead atoms. The summed E-state index contributed by atoms with van der Waals surface area (Å²) in [6, 6.07) is 17.8. The van der Waals surface area contributed by atoms with E-state index in [9.17, 15) is 14.4 Å². The molecule has 1 N–H and O–H groups in total. The van der Waals surface area contributed by atoms with Crippen molar-refractivity contribution in [1.82, 2.24) is 14.8 Å². The number of rotatable bonds is 6. The van der Waals surface area contributed by atoms with Crippen LogP contribution < -0.4 is 14.8 Å². The fourth-order valence-corrected chi connectivity index (χ4v) is 4.76. The summed E-state index contributed by atoms with van der Waals surface area (Å²) in [5.74, 6) is 0.678. The molecule has 0 saturated carbocycles. The van der Waals surface area contributed by atoms with Gasteiger partial charge in [0.25, 0.3) is 5.91 Å². The van der Waals surface area contributed by atoms with Crippen molar-refractivity contribution in [3.05, 3.63) is 83.2 Å². The number of hydrogen-bond donors (Lipinski definition) is 1. The normalized spacial score (nSPS) is 21.2. The zero-order chi connectivity index (χ0) is 24.7. The second kappa shape index (κ2) is 8.61. The summed E-state index contributed by atoms with van der Waals surface area (Å²) in [7, 11) is 0. The molecular weight excluding hydrogens is 446 g/mol. The number of para-hydroxylation sites is 2. The van der Waals surface area contributed by atoms with Gasteiger partial charge in [0.05, 0.1) is 13.1 Å². The van der Waals surface area contributed by atoms with Gasteiger partial charge in [-0.15, -0.1) is 0 Å². The number of imide groups is 1. The molecule has 1 fully saturated rings. The molecule has 2 aliphatic heterocycles. The number of hydrogen-bond acceptors (Lipinski definition) is 5. The minimum absolute atomic E-state index is 0.213. The van der Waals surface area contributed by atoms with Crippen molar-refractivity contribution in [2.24, 2.45) is 0 Å². The molecule has 3 amide bonds. The van der Waals surface area contributed by atoms with Gasteiger partial charge in [0, 0.05) is 17.0 Å². The predicted octanol–water partition coefficient (Wildman–Crippen LogP) is 3.59. The first-order valence-corrected chi connectivity index (χ1v) is 11.6. The van der Waals surface area contributed by atoms with Crippen molar-refractivity contribution >= 4 is 17.7 Å². The number of ketones is 1. The number of nitrogens with zero attached hydrogens (tertiary/aromatic N) is 2. The lowest BCUT2D eigenvalue weighted by Crippen LogP contribution is -2.41. The van der Waals surface area contributed by atoms with Crippen LogP contribution in [0.25, 0.3) is 0 Å². The maximum Gasteiger partial charge on any atom is 0.325 e. The predicted molar refractivity (Wildman–Crippen MR) is 129 cm³/mol. The van der Waals surface area contributed by atoms with Crippen LogP contribution >= 0.6 is 0 Å². The van der Waals surface area contributed by atoms with Crippen molar-refractivity contribution in [1.29, 1.82) is 0 Å². The summed E-state index contributed by atoms with van der Waals surface area (Å²) < 4.78 is 13.9. The number of carbonyl (C=O) groups excluding carboxylic acids is 3. The Kier molecular flexibility index (Phi) is 5.59. The van der Waals surface area contributed by atoms with E-state index in [1.54, 1.807) is 25.1 Å². The van der Waals surface area contributed by atoms with E-state index in [4.69, 9.17) is 9.47 Å². The first kappa shape index (κ1) is 22.7. The van der Waals surface area contributed by atoms with Crippen LogP contribution in [0.5, 0.6) is 11.5 Å². The zero-order valence-corrected chi connectivity index (χ0v) is 19.9. The summed E-state index contributed by atoms with van der Waals surface area (Å²) in [5, 5.41) is 2.75. The minimum atomic E-state index is -1.20. The van der Waals surface area contributed by atoms with Gasteiger partial charge in [0.2, 0.25) is 0 Å². The van der Waals surface area contributed by atoms with E-state index in [0.717, 1.165) is 22.0 Å². The molecule has 0 aliphatic carbocycles. The Hall–Kier alpha value is -4.07. The van der Waals surface area contributed by atoms with Gasteiger partial charge in [-0.2, -0.15) is 0 Å². The third-order valence-corrected chi connectivity index (χ3v) is 6.76. The molecule has 8 heteroatoms. The Morgan fingerprint density at radius 2 is 1.74 bits per heavy atom. The number of ether oxygens (including phenoxy) is 2. The lowest BCUT2D eigenvalue weighted by Gasteiger charge is -2.27. The molecule has 35 heavy (non-hydrogen) atoms. The quantitative estimate of drug-likeness (QED) is 0.437. The lowest BCUT2D eigenvalue weighted by molar-refractivity contribution is -0.130. The van der Waals surface area contributed by atoms with E-state index in [1.165, 1.54) is 0 Å². The number of nitrogens with one attached hydrogen (secondary N) is 1. The monoisotopic (exact) mass is 473 g/mol.